The second-order valence-corrected chi connectivity index (χ2v) is 7.17. The Morgan fingerprint density at radius 1 is 1.17 bits per heavy atom. The number of aromatic nitrogens is 1. The number of nitrogens with one attached hydrogen (secondary N) is 1. The summed E-state index contributed by atoms with van der Waals surface area (Å²) >= 11 is 0. The van der Waals surface area contributed by atoms with E-state index in [9.17, 15) is 27.4 Å². The van der Waals surface area contributed by atoms with Gasteiger partial charge in [-0.1, -0.05) is 18.2 Å². The minimum atomic E-state index is -4.40. The molecule has 0 bridgehead atoms. The molecule has 0 saturated carbocycles. The van der Waals surface area contributed by atoms with E-state index in [-0.39, 0.29) is 64.2 Å². The van der Waals surface area contributed by atoms with Gasteiger partial charge in [-0.25, -0.2) is 9.78 Å². The van der Waals surface area contributed by atoms with Gasteiger partial charge in [0, 0.05) is 24.6 Å². The van der Waals surface area contributed by atoms with Crippen LogP contribution in [-0.4, -0.2) is 76.6 Å². The number of rotatable bonds is 6. The number of pyridine rings is 1. The van der Waals surface area contributed by atoms with Crippen LogP contribution in [0.3, 0.4) is 0 Å². The van der Waals surface area contributed by atoms with Gasteiger partial charge in [0.1, 0.15) is 10.7 Å². The molecule has 13 heteroatoms. The molecule has 1 saturated heterocycles. The van der Waals surface area contributed by atoms with E-state index in [1.54, 1.807) is 6.07 Å². The first-order valence-electron chi connectivity index (χ1n) is 8.15. The van der Waals surface area contributed by atoms with Gasteiger partial charge >= 0.3 is 35.5 Å². The fourth-order valence-electron chi connectivity index (χ4n) is 2.36. The molecule has 0 aliphatic carbocycles. The van der Waals surface area contributed by atoms with Crippen LogP contribution in [0.5, 0.6) is 0 Å². The Kier molecular flexibility index (Phi) is 7.81. The van der Waals surface area contributed by atoms with E-state index in [1.165, 1.54) is 36.5 Å². The molecule has 0 atom stereocenters. The fourth-order valence-corrected chi connectivity index (χ4v) is 3.03. The van der Waals surface area contributed by atoms with Crippen LogP contribution >= 0.6 is 0 Å². The number of carbonyl (C=O) groups is 3. The molecule has 152 valence electrons. The monoisotopic (exact) mass is 442 g/mol. The van der Waals surface area contributed by atoms with Crippen molar-refractivity contribution in [3.63, 3.8) is 0 Å². The zero-order valence-corrected chi connectivity index (χ0v) is 15.5. The topological polar surface area (TPSA) is 155 Å². The number of imide groups is 1. The van der Waals surface area contributed by atoms with Crippen LogP contribution in [0.1, 0.15) is 28.8 Å². The Hall–Kier alpha value is -2.64. The third-order valence-electron chi connectivity index (χ3n) is 3.76. The Morgan fingerprint density at radius 3 is 2.43 bits per heavy atom. The van der Waals surface area contributed by atoms with Crippen molar-refractivity contribution in [1.29, 1.82) is 0 Å². The van der Waals surface area contributed by atoms with E-state index in [4.69, 9.17) is 4.84 Å². The number of carbonyl (C=O) groups excluding carboxylic acids is 3. The molecule has 1 aliphatic rings. The summed E-state index contributed by atoms with van der Waals surface area (Å²) < 4.78 is 31.8. The summed E-state index contributed by atoms with van der Waals surface area (Å²) in [6.45, 7) is 0. The predicted octanol–water partition coefficient (Wildman–Crippen LogP) is 0.347. The Bertz CT molecular complexity index is 1090. The molecule has 1 fully saturated rings. The van der Waals surface area contributed by atoms with Gasteiger partial charge in [-0.3, -0.25) is 19.6 Å². The molecular weight excluding hydrogens is 427 g/mol. The molecule has 11 nitrogen and oxygen atoms in total. The Morgan fingerprint density at radius 2 is 1.83 bits per heavy atom. The van der Waals surface area contributed by atoms with Crippen LogP contribution in [0.25, 0.3) is 0 Å². The normalized spacial score (nSPS) is 14.0. The molecule has 1 aliphatic heterocycles. The van der Waals surface area contributed by atoms with E-state index in [1.807, 2.05) is 0 Å². The van der Waals surface area contributed by atoms with Crippen molar-refractivity contribution in [2.45, 2.75) is 17.7 Å². The summed E-state index contributed by atoms with van der Waals surface area (Å²) in [6, 6.07) is 8.43. The summed E-state index contributed by atoms with van der Waals surface area (Å²) in [4.78, 5) is 43.3. The van der Waals surface area contributed by atoms with E-state index in [2.05, 4.69) is 15.5 Å². The van der Waals surface area contributed by atoms with Crippen LogP contribution in [-0.2, 0) is 24.5 Å². The third kappa shape index (κ3) is 5.70. The van der Waals surface area contributed by atoms with Crippen molar-refractivity contribution in [1.82, 2.24) is 10.0 Å². The van der Waals surface area contributed by atoms with E-state index in [0.29, 0.717) is 5.06 Å². The van der Waals surface area contributed by atoms with Crippen molar-refractivity contribution in [2.75, 3.05) is 5.43 Å². The Labute approximate surface area is 193 Å². The number of hydrazone groups is 1. The minimum absolute atomic E-state index is 0. The summed E-state index contributed by atoms with van der Waals surface area (Å²) in [6.07, 6.45) is 2.31. The molecule has 1 aromatic heterocycles. The molecule has 1 aromatic carbocycles. The predicted molar refractivity (Wildman–Crippen MR) is 105 cm³/mol. The van der Waals surface area contributed by atoms with Crippen molar-refractivity contribution >= 4 is 69.5 Å². The molecule has 0 spiro atoms. The van der Waals surface area contributed by atoms with Gasteiger partial charge in [0.2, 0.25) is 0 Å². The maximum atomic E-state index is 12.0. The number of amides is 2. The van der Waals surface area contributed by atoms with E-state index in [0.717, 1.165) is 6.20 Å². The van der Waals surface area contributed by atoms with Gasteiger partial charge in [-0.05, 0) is 18.2 Å². The molecule has 2 N–H and O–H groups in total. The van der Waals surface area contributed by atoms with Gasteiger partial charge in [-0.15, -0.1) is 5.06 Å². The molecule has 2 amide bonds. The summed E-state index contributed by atoms with van der Waals surface area (Å²) in [5.41, 5.74) is 2.69. The maximum absolute atomic E-state index is 12.0. The van der Waals surface area contributed by atoms with E-state index < -0.39 is 27.9 Å². The van der Waals surface area contributed by atoms with Crippen molar-refractivity contribution in [3.05, 3.63) is 53.7 Å². The average Bonchev–Trinajstić information content (AvgIpc) is 3.00. The standard InChI is InChI=1S/C17H14N4O7S.Na.H/c22-15-7-8-16(23)21(15)28-17(24)12-5-6-14(18-9-12)20-19-10-11-3-1-2-4-13(11)29(25,26)27;;/h1-6,9-10H,7-8H2,(H,18,20)(H,25,26,27);;/b19-10+;;. The second kappa shape index (κ2) is 9.91. The quantitative estimate of drug-likeness (QED) is 0.212. The molecule has 3 rings (SSSR count). The van der Waals surface area contributed by atoms with Crippen molar-refractivity contribution in [2.24, 2.45) is 5.10 Å². The fraction of sp³-hybridized carbons (Fsp3) is 0.118. The van der Waals surface area contributed by atoms with Gasteiger partial charge in [0.25, 0.3) is 21.9 Å². The summed E-state index contributed by atoms with van der Waals surface area (Å²) in [5, 5.41) is 4.27. The molecular formula is C17H15N4NaO7S. The molecule has 0 unspecified atom stereocenters. The zero-order valence-electron chi connectivity index (χ0n) is 14.7. The van der Waals surface area contributed by atoms with Crippen LogP contribution in [0, 0.1) is 0 Å². The van der Waals surface area contributed by atoms with Gasteiger partial charge in [0.15, 0.2) is 0 Å². The van der Waals surface area contributed by atoms with Gasteiger partial charge in [0.05, 0.1) is 11.8 Å². The third-order valence-corrected chi connectivity index (χ3v) is 4.69. The molecule has 2 heterocycles. The number of benzene rings is 1. The molecule has 30 heavy (non-hydrogen) atoms. The van der Waals surface area contributed by atoms with Crippen LogP contribution in [0.15, 0.2) is 52.6 Å². The first-order chi connectivity index (χ1) is 13.8. The summed E-state index contributed by atoms with van der Waals surface area (Å²) in [5.74, 6) is -1.88. The number of hydroxylamine groups is 2. The van der Waals surface area contributed by atoms with Gasteiger partial charge in [-0.2, -0.15) is 13.5 Å². The molecule has 2 aromatic rings. The average molecular weight is 442 g/mol. The van der Waals surface area contributed by atoms with E-state index >= 15 is 0 Å². The number of anilines is 1. The molecule has 0 radical (unpaired) electrons. The second-order valence-electron chi connectivity index (χ2n) is 5.78. The Balaban J connectivity index is 0.00000320. The number of nitrogens with zero attached hydrogens (tertiary/aromatic N) is 3. The number of hydrogen-bond donors (Lipinski definition) is 2. The van der Waals surface area contributed by atoms with Crippen molar-refractivity contribution in [3.8, 4) is 0 Å². The van der Waals surface area contributed by atoms with Crippen LogP contribution in [0.2, 0.25) is 0 Å². The zero-order chi connectivity index (χ0) is 21.0. The summed E-state index contributed by atoms with van der Waals surface area (Å²) in [7, 11) is -4.40. The van der Waals surface area contributed by atoms with Crippen LogP contribution in [0.4, 0.5) is 5.82 Å². The van der Waals surface area contributed by atoms with Crippen molar-refractivity contribution < 1.29 is 32.2 Å². The first-order valence-corrected chi connectivity index (χ1v) is 9.59. The van der Waals surface area contributed by atoms with Gasteiger partial charge < -0.3 is 4.84 Å². The first kappa shape index (κ1) is 23.6. The van der Waals surface area contributed by atoms with Crippen LogP contribution < -0.4 is 5.43 Å². The SMILES string of the molecule is O=C(ON1C(=O)CCC1=O)c1ccc(N/N=C/c2ccccc2S(=O)(=O)O)nc1.[NaH]. The number of hydrogen-bond acceptors (Lipinski definition) is 9.